The number of carbonyl (C=O) groups excluding carboxylic acids is 1. The standard InChI is InChI=1S/C16H19BrN4O3S/c1-20-11-18-19-16(20)25(23,24)14-6-8-21(9-7-14)15(22)10-12-2-4-13(17)5-3-12/h2-5,11,14H,6-10H2,1H3. The van der Waals surface area contributed by atoms with Gasteiger partial charge in [0.05, 0.1) is 11.7 Å². The van der Waals surface area contributed by atoms with Crippen LogP contribution in [0.2, 0.25) is 0 Å². The highest BCUT2D eigenvalue weighted by molar-refractivity contribution is 9.10. The molecule has 3 rings (SSSR count). The molecule has 1 saturated heterocycles. The molecule has 1 aliphatic rings. The molecule has 0 bridgehead atoms. The number of amides is 1. The van der Waals surface area contributed by atoms with Crippen LogP contribution in [0.25, 0.3) is 0 Å². The Balaban J connectivity index is 1.61. The molecule has 134 valence electrons. The summed E-state index contributed by atoms with van der Waals surface area (Å²) in [6.45, 7) is 0.883. The van der Waals surface area contributed by atoms with Gasteiger partial charge in [0.15, 0.2) is 0 Å². The summed E-state index contributed by atoms with van der Waals surface area (Å²) in [5.74, 6) is 0.0248. The van der Waals surface area contributed by atoms with E-state index in [9.17, 15) is 13.2 Å². The molecule has 0 radical (unpaired) electrons. The van der Waals surface area contributed by atoms with Crippen LogP contribution in [0.1, 0.15) is 18.4 Å². The predicted molar refractivity (Wildman–Crippen MR) is 95.6 cm³/mol. The third-order valence-electron chi connectivity index (χ3n) is 4.43. The Labute approximate surface area is 155 Å². The van der Waals surface area contributed by atoms with Gasteiger partial charge in [-0.15, -0.1) is 10.2 Å². The number of hydrogen-bond donors (Lipinski definition) is 0. The number of likely N-dealkylation sites (tertiary alicyclic amines) is 1. The van der Waals surface area contributed by atoms with Crippen molar-refractivity contribution in [3.8, 4) is 0 Å². The Hall–Kier alpha value is -1.74. The van der Waals surface area contributed by atoms with Gasteiger partial charge in [-0.1, -0.05) is 28.1 Å². The number of benzene rings is 1. The van der Waals surface area contributed by atoms with E-state index in [0.29, 0.717) is 32.4 Å². The molecule has 2 aromatic rings. The van der Waals surface area contributed by atoms with E-state index in [1.54, 1.807) is 11.9 Å². The van der Waals surface area contributed by atoms with Crippen LogP contribution in [-0.4, -0.2) is 52.3 Å². The summed E-state index contributed by atoms with van der Waals surface area (Å²) in [6.07, 6.45) is 2.54. The lowest BCUT2D eigenvalue weighted by molar-refractivity contribution is -0.131. The lowest BCUT2D eigenvalue weighted by atomic mass is 10.1. The number of sulfone groups is 1. The first-order valence-electron chi connectivity index (χ1n) is 7.98. The molecule has 1 fully saturated rings. The molecule has 1 aliphatic heterocycles. The SMILES string of the molecule is Cn1cnnc1S(=O)(=O)C1CCN(C(=O)Cc2ccc(Br)cc2)CC1. The summed E-state index contributed by atoms with van der Waals surface area (Å²) < 4.78 is 27.7. The first-order valence-corrected chi connectivity index (χ1v) is 10.3. The molecule has 1 aromatic carbocycles. The molecule has 1 aromatic heterocycles. The second-order valence-electron chi connectivity index (χ2n) is 6.15. The second-order valence-corrected chi connectivity index (χ2v) is 9.19. The van der Waals surface area contributed by atoms with Crippen molar-refractivity contribution < 1.29 is 13.2 Å². The number of nitrogens with zero attached hydrogens (tertiary/aromatic N) is 4. The lowest BCUT2D eigenvalue weighted by Crippen LogP contribution is -2.43. The van der Waals surface area contributed by atoms with Gasteiger partial charge in [0.2, 0.25) is 20.9 Å². The van der Waals surface area contributed by atoms with Gasteiger partial charge in [0, 0.05) is 24.6 Å². The Morgan fingerprint density at radius 1 is 1.24 bits per heavy atom. The highest BCUT2D eigenvalue weighted by atomic mass is 79.9. The first-order chi connectivity index (χ1) is 11.9. The average Bonchev–Trinajstić information content (AvgIpc) is 3.04. The second kappa shape index (κ2) is 7.25. The highest BCUT2D eigenvalue weighted by Gasteiger charge is 2.35. The Morgan fingerprint density at radius 3 is 2.44 bits per heavy atom. The average molecular weight is 427 g/mol. The van der Waals surface area contributed by atoms with Crippen molar-refractivity contribution in [2.24, 2.45) is 7.05 Å². The van der Waals surface area contributed by atoms with Crippen LogP contribution in [0.4, 0.5) is 0 Å². The van der Waals surface area contributed by atoms with Crippen LogP contribution in [0.15, 0.2) is 40.2 Å². The number of rotatable bonds is 4. The van der Waals surface area contributed by atoms with Crippen molar-refractivity contribution >= 4 is 31.7 Å². The zero-order valence-corrected chi connectivity index (χ0v) is 16.2. The summed E-state index contributed by atoms with van der Waals surface area (Å²) in [5, 5.41) is 6.84. The number of aromatic nitrogens is 3. The Bertz CT molecular complexity index is 856. The molecule has 1 amide bonds. The molecule has 25 heavy (non-hydrogen) atoms. The number of aryl methyl sites for hydroxylation is 1. The number of hydrogen-bond acceptors (Lipinski definition) is 5. The quantitative estimate of drug-likeness (QED) is 0.740. The van der Waals surface area contributed by atoms with E-state index in [4.69, 9.17) is 0 Å². The largest absolute Gasteiger partial charge is 0.342 e. The summed E-state index contributed by atoms with van der Waals surface area (Å²) in [7, 11) is -1.90. The molecular weight excluding hydrogens is 408 g/mol. The van der Waals surface area contributed by atoms with Gasteiger partial charge in [-0.05, 0) is 30.5 Å². The fraction of sp³-hybridized carbons (Fsp3) is 0.438. The zero-order chi connectivity index (χ0) is 18.0. The molecule has 0 N–H and O–H groups in total. The maximum Gasteiger partial charge on any atom is 0.249 e. The van der Waals surface area contributed by atoms with E-state index < -0.39 is 15.1 Å². The van der Waals surface area contributed by atoms with Gasteiger partial charge in [-0.25, -0.2) is 8.42 Å². The normalized spacial score (nSPS) is 16.2. The first kappa shape index (κ1) is 18.1. The van der Waals surface area contributed by atoms with Crippen LogP contribution in [-0.2, 0) is 28.1 Å². The van der Waals surface area contributed by atoms with Gasteiger partial charge in [-0.3, -0.25) is 4.79 Å². The summed E-state index contributed by atoms with van der Waals surface area (Å²) >= 11 is 3.37. The van der Waals surface area contributed by atoms with Crippen LogP contribution < -0.4 is 0 Å². The minimum atomic E-state index is -3.52. The monoisotopic (exact) mass is 426 g/mol. The van der Waals surface area contributed by atoms with Gasteiger partial charge >= 0.3 is 0 Å². The Morgan fingerprint density at radius 2 is 1.88 bits per heavy atom. The number of halogens is 1. The van der Waals surface area contributed by atoms with Crippen molar-refractivity contribution in [2.45, 2.75) is 29.7 Å². The zero-order valence-electron chi connectivity index (χ0n) is 13.8. The predicted octanol–water partition coefficient (Wildman–Crippen LogP) is 1.59. The topological polar surface area (TPSA) is 85.2 Å². The molecule has 0 atom stereocenters. The van der Waals surface area contributed by atoms with Crippen LogP contribution in [0.3, 0.4) is 0 Å². The van der Waals surface area contributed by atoms with Gasteiger partial charge in [-0.2, -0.15) is 0 Å². The molecule has 2 heterocycles. The van der Waals surface area contributed by atoms with E-state index >= 15 is 0 Å². The maximum atomic E-state index is 12.6. The van der Waals surface area contributed by atoms with E-state index in [0.717, 1.165) is 10.0 Å². The molecule has 9 heteroatoms. The van der Waals surface area contributed by atoms with Gasteiger partial charge in [0.25, 0.3) is 0 Å². The van der Waals surface area contributed by atoms with Crippen molar-refractivity contribution in [1.29, 1.82) is 0 Å². The maximum absolute atomic E-state index is 12.6. The summed E-state index contributed by atoms with van der Waals surface area (Å²) in [6, 6.07) is 7.63. The minimum Gasteiger partial charge on any atom is -0.342 e. The van der Waals surface area contributed by atoms with Crippen LogP contribution in [0.5, 0.6) is 0 Å². The smallest absolute Gasteiger partial charge is 0.249 e. The van der Waals surface area contributed by atoms with E-state index in [-0.39, 0.29) is 11.1 Å². The molecule has 0 saturated carbocycles. The highest BCUT2D eigenvalue weighted by Crippen LogP contribution is 2.23. The molecular formula is C16H19BrN4O3S. The fourth-order valence-corrected chi connectivity index (χ4v) is 4.99. The van der Waals surface area contributed by atoms with Crippen molar-refractivity contribution in [2.75, 3.05) is 13.1 Å². The van der Waals surface area contributed by atoms with Crippen LogP contribution in [0, 0.1) is 0 Å². The van der Waals surface area contributed by atoms with E-state index in [1.165, 1.54) is 10.9 Å². The minimum absolute atomic E-state index is 0.00728. The number of carbonyl (C=O) groups is 1. The van der Waals surface area contributed by atoms with Crippen molar-refractivity contribution in [1.82, 2.24) is 19.7 Å². The Kier molecular flexibility index (Phi) is 5.24. The molecule has 0 aliphatic carbocycles. The van der Waals surface area contributed by atoms with E-state index in [2.05, 4.69) is 26.1 Å². The van der Waals surface area contributed by atoms with Crippen molar-refractivity contribution in [3.63, 3.8) is 0 Å². The van der Waals surface area contributed by atoms with Crippen molar-refractivity contribution in [3.05, 3.63) is 40.6 Å². The third kappa shape index (κ3) is 3.92. The molecule has 0 unspecified atom stereocenters. The fourth-order valence-electron chi connectivity index (χ4n) is 2.98. The molecule has 7 nitrogen and oxygen atoms in total. The lowest BCUT2D eigenvalue weighted by Gasteiger charge is -2.31. The molecule has 0 spiro atoms. The number of piperidine rings is 1. The summed E-state index contributed by atoms with van der Waals surface area (Å²) in [5.41, 5.74) is 0.946. The van der Waals surface area contributed by atoms with Gasteiger partial charge in [0.1, 0.15) is 6.33 Å². The third-order valence-corrected chi connectivity index (χ3v) is 7.18. The van der Waals surface area contributed by atoms with Crippen LogP contribution >= 0.6 is 15.9 Å². The summed E-state index contributed by atoms with van der Waals surface area (Å²) in [4.78, 5) is 14.2. The van der Waals surface area contributed by atoms with E-state index in [1.807, 2.05) is 24.3 Å². The van der Waals surface area contributed by atoms with Gasteiger partial charge < -0.3 is 9.47 Å².